The first-order chi connectivity index (χ1) is 17.4. The van der Waals surface area contributed by atoms with Crippen molar-refractivity contribution < 1.29 is 43.2 Å². The summed E-state index contributed by atoms with van der Waals surface area (Å²) in [5.74, 6) is -2.09. The Balaban J connectivity index is 3.01. The highest BCUT2D eigenvalue weighted by molar-refractivity contribution is 5.81. The summed E-state index contributed by atoms with van der Waals surface area (Å²) in [5, 5.41) is 12.6. The van der Waals surface area contributed by atoms with E-state index < -0.39 is 47.0 Å². The molecule has 2 N–H and O–H groups in total. The Labute approximate surface area is 225 Å². The van der Waals surface area contributed by atoms with Gasteiger partial charge in [-0.2, -0.15) is 0 Å². The molecule has 0 fully saturated rings. The van der Waals surface area contributed by atoms with Crippen molar-refractivity contribution in [1.29, 1.82) is 0 Å². The minimum Gasteiger partial charge on any atom is -0.480 e. The number of benzene rings is 1. The molecule has 0 heterocycles. The lowest BCUT2D eigenvalue weighted by molar-refractivity contribution is -0.145. The Kier molecular flexibility index (Phi) is 12.2. The molecular formula is C28H43NO9. The SMILES string of the molecule is CCCC(C)OC(=O)OC(C)CN[C@@H](Cc1ccc(OC(=O)C(C)(C)C)c(OC(=O)C(C)(C)C)c1)C(=O)O. The lowest BCUT2D eigenvalue weighted by atomic mass is 9.97. The Morgan fingerprint density at radius 1 is 0.868 bits per heavy atom. The van der Waals surface area contributed by atoms with Crippen LogP contribution in [0, 0.1) is 10.8 Å². The fourth-order valence-electron chi connectivity index (χ4n) is 3.00. The summed E-state index contributed by atoms with van der Waals surface area (Å²) in [5.41, 5.74) is -1.09. The quantitative estimate of drug-likeness (QED) is 0.279. The zero-order valence-corrected chi connectivity index (χ0v) is 24.0. The average molecular weight is 538 g/mol. The van der Waals surface area contributed by atoms with Gasteiger partial charge in [0.2, 0.25) is 0 Å². The number of esters is 2. The first-order valence-corrected chi connectivity index (χ1v) is 12.8. The van der Waals surface area contributed by atoms with Crippen LogP contribution in [0.15, 0.2) is 18.2 Å². The second-order valence-electron chi connectivity index (χ2n) is 11.5. The van der Waals surface area contributed by atoms with Crippen molar-refractivity contribution in [2.24, 2.45) is 10.8 Å². The van der Waals surface area contributed by atoms with Crippen LogP contribution in [0.1, 0.15) is 80.7 Å². The van der Waals surface area contributed by atoms with Crippen molar-refractivity contribution in [3.8, 4) is 11.5 Å². The second-order valence-corrected chi connectivity index (χ2v) is 11.5. The molecule has 2 unspecified atom stereocenters. The smallest absolute Gasteiger partial charge is 0.480 e. The van der Waals surface area contributed by atoms with Crippen LogP contribution in [-0.4, -0.2) is 54.0 Å². The molecule has 0 aliphatic carbocycles. The fraction of sp³-hybridized carbons (Fsp3) is 0.643. The third-order valence-corrected chi connectivity index (χ3v) is 5.32. The van der Waals surface area contributed by atoms with E-state index in [2.05, 4.69) is 5.32 Å². The largest absolute Gasteiger partial charge is 0.508 e. The Bertz CT molecular complexity index is 976. The van der Waals surface area contributed by atoms with E-state index in [4.69, 9.17) is 18.9 Å². The van der Waals surface area contributed by atoms with Gasteiger partial charge in [-0.25, -0.2) is 4.79 Å². The standard InChI is InChI=1S/C28H43NO9/c1-10-11-17(2)35-26(34)36-18(3)16-29-20(23(30)31)14-19-12-13-21(37-24(32)27(4,5)6)22(15-19)38-25(33)28(7,8)9/h12-13,15,17-18,20,29H,10-11,14,16H2,1-9H3,(H,30,31)/t17?,18?,20-/m0/s1. The highest BCUT2D eigenvalue weighted by Gasteiger charge is 2.29. The van der Waals surface area contributed by atoms with Crippen LogP contribution in [-0.2, 0) is 30.3 Å². The van der Waals surface area contributed by atoms with Crippen molar-refractivity contribution in [3.63, 3.8) is 0 Å². The molecule has 10 heteroatoms. The molecule has 0 saturated carbocycles. The van der Waals surface area contributed by atoms with E-state index >= 15 is 0 Å². The molecule has 38 heavy (non-hydrogen) atoms. The van der Waals surface area contributed by atoms with Crippen LogP contribution in [0.3, 0.4) is 0 Å². The zero-order valence-electron chi connectivity index (χ0n) is 24.0. The number of rotatable bonds is 12. The first-order valence-electron chi connectivity index (χ1n) is 12.8. The van der Waals surface area contributed by atoms with E-state index in [1.54, 1.807) is 61.5 Å². The minimum atomic E-state index is -1.12. The lowest BCUT2D eigenvalue weighted by Crippen LogP contribution is -2.42. The number of hydrogen-bond donors (Lipinski definition) is 2. The number of aliphatic carboxylic acids is 1. The highest BCUT2D eigenvalue weighted by atomic mass is 16.7. The molecule has 0 aromatic heterocycles. The number of carbonyl (C=O) groups excluding carboxylic acids is 3. The first kappa shape index (κ1) is 32.9. The van der Waals surface area contributed by atoms with Crippen LogP contribution in [0.4, 0.5) is 4.79 Å². The van der Waals surface area contributed by atoms with E-state index in [9.17, 15) is 24.3 Å². The van der Waals surface area contributed by atoms with Gasteiger partial charge in [-0.15, -0.1) is 0 Å². The molecule has 1 rings (SSSR count). The highest BCUT2D eigenvalue weighted by Crippen LogP contribution is 2.33. The summed E-state index contributed by atoms with van der Waals surface area (Å²) in [6.07, 6.45) is -0.120. The van der Waals surface area contributed by atoms with Crippen LogP contribution in [0.5, 0.6) is 11.5 Å². The van der Waals surface area contributed by atoms with Crippen molar-refractivity contribution in [2.75, 3.05) is 6.54 Å². The van der Waals surface area contributed by atoms with Crippen molar-refractivity contribution >= 4 is 24.1 Å². The topological polar surface area (TPSA) is 137 Å². The van der Waals surface area contributed by atoms with E-state index in [0.29, 0.717) is 12.0 Å². The summed E-state index contributed by atoms with van der Waals surface area (Å²) < 4.78 is 21.4. The molecule has 0 spiro atoms. The van der Waals surface area contributed by atoms with Gasteiger partial charge in [-0.3, -0.25) is 14.4 Å². The zero-order chi connectivity index (χ0) is 29.3. The number of carbonyl (C=O) groups is 4. The molecule has 3 atom stereocenters. The molecule has 0 radical (unpaired) electrons. The molecule has 0 aliphatic rings. The van der Waals surface area contributed by atoms with Gasteiger partial charge in [-0.1, -0.05) is 19.4 Å². The minimum absolute atomic E-state index is 0.0183. The summed E-state index contributed by atoms with van der Waals surface area (Å²) in [7, 11) is 0. The average Bonchev–Trinajstić information content (AvgIpc) is 2.76. The third kappa shape index (κ3) is 11.5. The normalized spacial score (nSPS) is 14.1. The van der Waals surface area contributed by atoms with Gasteiger partial charge < -0.3 is 29.4 Å². The van der Waals surface area contributed by atoms with E-state index in [-0.39, 0.29) is 30.6 Å². The maximum absolute atomic E-state index is 12.6. The van der Waals surface area contributed by atoms with Gasteiger partial charge in [0, 0.05) is 6.54 Å². The number of carboxylic acid groups (broad SMARTS) is 1. The van der Waals surface area contributed by atoms with Crippen LogP contribution in [0.25, 0.3) is 0 Å². The van der Waals surface area contributed by atoms with Crippen LogP contribution >= 0.6 is 0 Å². The third-order valence-electron chi connectivity index (χ3n) is 5.32. The van der Waals surface area contributed by atoms with E-state index in [1.165, 1.54) is 12.1 Å². The Morgan fingerprint density at radius 2 is 1.39 bits per heavy atom. The molecular weight excluding hydrogens is 494 g/mol. The molecule has 0 bridgehead atoms. The van der Waals surface area contributed by atoms with Gasteiger partial charge in [0.15, 0.2) is 11.5 Å². The second kappa shape index (κ2) is 14.1. The summed E-state index contributed by atoms with van der Waals surface area (Å²) in [6.45, 7) is 15.6. The maximum atomic E-state index is 12.6. The fourth-order valence-corrected chi connectivity index (χ4v) is 3.00. The molecule has 0 amide bonds. The van der Waals surface area contributed by atoms with Crippen molar-refractivity contribution in [1.82, 2.24) is 5.32 Å². The summed E-state index contributed by atoms with van der Waals surface area (Å²) >= 11 is 0. The Hall–Kier alpha value is -3.14. The molecule has 1 aromatic carbocycles. The molecule has 214 valence electrons. The predicted molar refractivity (Wildman–Crippen MR) is 141 cm³/mol. The van der Waals surface area contributed by atoms with Gasteiger partial charge in [0.05, 0.1) is 10.8 Å². The van der Waals surface area contributed by atoms with Gasteiger partial charge >= 0.3 is 24.1 Å². The summed E-state index contributed by atoms with van der Waals surface area (Å²) in [6, 6.07) is 3.52. The Morgan fingerprint density at radius 3 is 1.89 bits per heavy atom. The predicted octanol–water partition coefficient (Wildman–Crippen LogP) is 4.91. The number of hydrogen-bond acceptors (Lipinski definition) is 9. The van der Waals surface area contributed by atoms with Crippen LogP contribution in [0.2, 0.25) is 0 Å². The van der Waals surface area contributed by atoms with Crippen molar-refractivity contribution in [3.05, 3.63) is 23.8 Å². The molecule has 10 nitrogen and oxygen atoms in total. The number of ether oxygens (including phenoxy) is 4. The molecule has 0 saturated heterocycles. The van der Waals surface area contributed by atoms with Gasteiger partial charge in [-0.05, 0) is 85.9 Å². The van der Waals surface area contributed by atoms with Gasteiger partial charge in [0.25, 0.3) is 0 Å². The molecule has 0 aliphatic heterocycles. The van der Waals surface area contributed by atoms with Crippen molar-refractivity contribution in [2.45, 2.75) is 99.8 Å². The number of carboxylic acids is 1. The van der Waals surface area contributed by atoms with E-state index in [1.807, 2.05) is 6.92 Å². The summed E-state index contributed by atoms with van der Waals surface area (Å²) in [4.78, 5) is 48.8. The monoisotopic (exact) mass is 537 g/mol. The lowest BCUT2D eigenvalue weighted by Gasteiger charge is -2.22. The maximum Gasteiger partial charge on any atom is 0.508 e. The van der Waals surface area contributed by atoms with Crippen LogP contribution < -0.4 is 14.8 Å². The number of nitrogens with one attached hydrogen (secondary N) is 1. The molecule has 1 aromatic rings. The van der Waals surface area contributed by atoms with E-state index in [0.717, 1.165) is 6.42 Å². The van der Waals surface area contributed by atoms with Gasteiger partial charge in [0.1, 0.15) is 18.2 Å².